The van der Waals surface area contributed by atoms with Gasteiger partial charge in [-0.15, -0.1) is 0 Å². The third kappa shape index (κ3) is 3.74. The highest BCUT2D eigenvalue weighted by atomic mass is 32.2. The zero-order valence-corrected chi connectivity index (χ0v) is 16.0. The third-order valence-electron chi connectivity index (χ3n) is 4.05. The summed E-state index contributed by atoms with van der Waals surface area (Å²) in [4.78, 5) is 4.54. The van der Waals surface area contributed by atoms with Crippen LogP contribution in [0.2, 0.25) is 0 Å². The van der Waals surface area contributed by atoms with Crippen molar-refractivity contribution in [2.24, 2.45) is 0 Å². The van der Waals surface area contributed by atoms with E-state index in [0.29, 0.717) is 50.0 Å². The molecule has 0 amide bonds. The van der Waals surface area contributed by atoms with E-state index in [4.69, 9.17) is 14.0 Å². The Bertz CT molecular complexity index is 857. The van der Waals surface area contributed by atoms with Crippen LogP contribution in [0.4, 0.5) is 0 Å². The first kappa shape index (κ1) is 18.8. The molecular weight excluding hydrogens is 358 g/mol. The summed E-state index contributed by atoms with van der Waals surface area (Å²) in [6.07, 6.45) is 0. The Kier molecular flexibility index (Phi) is 5.59. The standard InChI is InChI=1S/C17H23N3O5S/c1-4-24-15-6-5-13(26(21,22)20-7-9-23-10-8-20)11-14(15)17-18-16(12(2)3)19-25-17/h5-6,11-12H,4,7-10H2,1-3H3. The van der Waals surface area contributed by atoms with Crippen molar-refractivity contribution < 1.29 is 22.4 Å². The van der Waals surface area contributed by atoms with Gasteiger partial charge in [0.1, 0.15) is 5.75 Å². The van der Waals surface area contributed by atoms with Crippen molar-refractivity contribution in [3.8, 4) is 17.2 Å². The van der Waals surface area contributed by atoms with Crippen molar-refractivity contribution in [1.29, 1.82) is 0 Å². The fourth-order valence-electron chi connectivity index (χ4n) is 2.63. The topological polar surface area (TPSA) is 94.8 Å². The molecular formula is C17H23N3O5S. The van der Waals surface area contributed by atoms with Crippen LogP contribution in [-0.2, 0) is 14.8 Å². The molecule has 1 aliphatic heterocycles. The summed E-state index contributed by atoms with van der Waals surface area (Å²) in [5, 5.41) is 3.96. The summed E-state index contributed by atoms with van der Waals surface area (Å²) < 4.78 is 43.5. The Morgan fingerprint density at radius 2 is 2.00 bits per heavy atom. The van der Waals surface area contributed by atoms with Crippen molar-refractivity contribution in [2.45, 2.75) is 31.6 Å². The maximum atomic E-state index is 12.9. The molecule has 0 N–H and O–H groups in total. The van der Waals surface area contributed by atoms with Crippen LogP contribution >= 0.6 is 0 Å². The van der Waals surface area contributed by atoms with Crippen LogP contribution < -0.4 is 4.74 Å². The Morgan fingerprint density at radius 3 is 2.62 bits per heavy atom. The van der Waals surface area contributed by atoms with Crippen molar-refractivity contribution in [3.05, 3.63) is 24.0 Å². The van der Waals surface area contributed by atoms with E-state index in [1.165, 1.54) is 10.4 Å². The van der Waals surface area contributed by atoms with E-state index in [1.807, 2.05) is 20.8 Å². The molecule has 0 atom stereocenters. The number of morpholine rings is 1. The van der Waals surface area contributed by atoms with Crippen LogP contribution in [-0.4, -0.2) is 55.8 Å². The second kappa shape index (κ2) is 7.73. The van der Waals surface area contributed by atoms with Crippen molar-refractivity contribution in [2.75, 3.05) is 32.9 Å². The van der Waals surface area contributed by atoms with Crippen LogP contribution in [0.5, 0.6) is 5.75 Å². The molecule has 1 aromatic carbocycles. The quantitative estimate of drug-likeness (QED) is 0.757. The van der Waals surface area contributed by atoms with Crippen molar-refractivity contribution >= 4 is 10.0 Å². The average Bonchev–Trinajstić information content (AvgIpc) is 3.13. The zero-order valence-electron chi connectivity index (χ0n) is 15.1. The van der Waals surface area contributed by atoms with Gasteiger partial charge < -0.3 is 14.0 Å². The first-order valence-corrected chi connectivity index (χ1v) is 10.1. The third-order valence-corrected chi connectivity index (χ3v) is 5.94. The largest absolute Gasteiger partial charge is 0.493 e. The van der Waals surface area contributed by atoms with Gasteiger partial charge in [0, 0.05) is 19.0 Å². The maximum Gasteiger partial charge on any atom is 0.261 e. The molecule has 0 saturated carbocycles. The molecule has 2 aromatic rings. The molecule has 142 valence electrons. The number of rotatable bonds is 6. The second-order valence-corrected chi connectivity index (χ2v) is 8.16. The highest BCUT2D eigenvalue weighted by Gasteiger charge is 2.28. The van der Waals surface area contributed by atoms with E-state index < -0.39 is 10.0 Å². The van der Waals surface area contributed by atoms with Crippen LogP contribution in [0.1, 0.15) is 32.5 Å². The maximum absolute atomic E-state index is 12.9. The average molecular weight is 381 g/mol. The summed E-state index contributed by atoms with van der Waals surface area (Å²) in [6.45, 7) is 7.67. The lowest BCUT2D eigenvalue weighted by atomic mass is 10.2. The Labute approximate surface area is 153 Å². The predicted molar refractivity (Wildman–Crippen MR) is 94.6 cm³/mol. The summed E-state index contributed by atoms with van der Waals surface area (Å²) in [7, 11) is -3.63. The summed E-state index contributed by atoms with van der Waals surface area (Å²) in [6, 6.07) is 4.71. The minimum absolute atomic E-state index is 0.100. The molecule has 0 radical (unpaired) electrons. The van der Waals surface area contributed by atoms with Gasteiger partial charge in [-0.3, -0.25) is 0 Å². The van der Waals surface area contributed by atoms with Gasteiger partial charge in [0.25, 0.3) is 5.89 Å². The first-order chi connectivity index (χ1) is 12.4. The molecule has 1 fully saturated rings. The molecule has 1 aliphatic rings. The predicted octanol–water partition coefficient (Wildman–Crippen LogP) is 2.28. The zero-order chi connectivity index (χ0) is 18.7. The number of nitrogens with zero attached hydrogens (tertiary/aromatic N) is 3. The van der Waals surface area contributed by atoms with Crippen molar-refractivity contribution in [1.82, 2.24) is 14.4 Å². The Hall–Kier alpha value is -1.97. The molecule has 8 nitrogen and oxygen atoms in total. The summed E-state index contributed by atoms with van der Waals surface area (Å²) >= 11 is 0. The Balaban J connectivity index is 2.03. The van der Waals surface area contributed by atoms with E-state index in [9.17, 15) is 8.42 Å². The van der Waals surface area contributed by atoms with E-state index in [0.717, 1.165) is 0 Å². The minimum atomic E-state index is -3.63. The molecule has 3 rings (SSSR count). The van der Waals surface area contributed by atoms with Crippen LogP contribution in [0.3, 0.4) is 0 Å². The number of sulfonamides is 1. The first-order valence-electron chi connectivity index (χ1n) is 8.62. The van der Waals surface area contributed by atoms with Gasteiger partial charge >= 0.3 is 0 Å². The monoisotopic (exact) mass is 381 g/mol. The van der Waals surface area contributed by atoms with Crippen LogP contribution in [0.25, 0.3) is 11.5 Å². The smallest absolute Gasteiger partial charge is 0.261 e. The number of aromatic nitrogens is 2. The molecule has 2 heterocycles. The second-order valence-electron chi connectivity index (χ2n) is 6.22. The lowest BCUT2D eigenvalue weighted by molar-refractivity contribution is 0.0730. The highest BCUT2D eigenvalue weighted by molar-refractivity contribution is 7.89. The number of hydrogen-bond donors (Lipinski definition) is 0. The van der Waals surface area contributed by atoms with Gasteiger partial charge in [-0.2, -0.15) is 9.29 Å². The fourth-order valence-corrected chi connectivity index (χ4v) is 4.07. The fraction of sp³-hybridized carbons (Fsp3) is 0.529. The molecule has 9 heteroatoms. The lowest BCUT2D eigenvalue weighted by Gasteiger charge is -2.26. The summed E-state index contributed by atoms with van der Waals surface area (Å²) in [5.74, 6) is 1.41. The van der Waals surface area contributed by atoms with Crippen molar-refractivity contribution in [3.63, 3.8) is 0 Å². The molecule has 0 spiro atoms. The van der Waals surface area contributed by atoms with Gasteiger partial charge in [-0.1, -0.05) is 19.0 Å². The van der Waals surface area contributed by atoms with E-state index in [2.05, 4.69) is 10.1 Å². The van der Waals surface area contributed by atoms with E-state index >= 15 is 0 Å². The van der Waals surface area contributed by atoms with Gasteiger partial charge in [0.15, 0.2) is 5.82 Å². The SMILES string of the molecule is CCOc1ccc(S(=O)(=O)N2CCOCC2)cc1-c1nc(C(C)C)no1. The molecule has 0 bridgehead atoms. The summed E-state index contributed by atoms with van der Waals surface area (Å²) in [5.41, 5.74) is 0.473. The van der Waals surface area contributed by atoms with Crippen LogP contribution in [0.15, 0.2) is 27.6 Å². The minimum Gasteiger partial charge on any atom is -0.493 e. The molecule has 0 unspecified atom stereocenters. The molecule has 1 aromatic heterocycles. The van der Waals surface area contributed by atoms with Gasteiger partial charge in [0.2, 0.25) is 10.0 Å². The van der Waals surface area contributed by atoms with E-state index in [1.54, 1.807) is 12.1 Å². The molecule has 0 aliphatic carbocycles. The lowest BCUT2D eigenvalue weighted by Crippen LogP contribution is -2.40. The molecule has 1 saturated heterocycles. The van der Waals surface area contributed by atoms with E-state index in [-0.39, 0.29) is 16.7 Å². The van der Waals surface area contributed by atoms with Gasteiger partial charge in [-0.25, -0.2) is 8.42 Å². The number of hydrogen-bond acceptors (Lipinski definition) is 7. The normalized spacial score (nSPS) is 16.2. The molecule has 26 heavy (non-hydrogen) atoms. The van der Waals surface area contributed by atoms with Gasteiger partial charge in [0.05, 0.1) is 30.3 Å². The Morgan fingerprint density at radius 1 is 1.27 bits per heavy atom. The number of ether oxygens (including phenoxy) is 2. The number of benzene rings is 1. The van der Waals surface area contributed by atoms with Crippen LogP contribution in [0, 0.1) is 0 Å². The van der Waals surface area contributed by atoms with Gasteiger partial charge in [-0.05, 0) is 25.1 Å². The highest BCUT2D eigenvalue weighted by Crippen LogP contribution is 2.33.